The Hall–Kier alpha value is -0.120. The minimum Gasteiger partial charge on any atom is -0.378 e. The summed E-state index contributed by atoms with van der Waals surface area (Å²) in [5.74, 6) is -0.272. The average Bonchev–Trinajstić information content (AvgIpc) is 2.33. The van der Waals surface area contributed by atoms with Crippen molar-refractivity contribution in [3.8, 4) is 0 Å². The molecule has 0 aromatic rings. The van der Waals surface area contributed by atoms with Gasteiger partial charge in [0.15, 0.2) is 0 Å². The Kier molecular flexibility index (Phi) is 2.65. The lowest BCUT2D eigenvalue weighted by molar-refractivity contribution is -0.117. The zero-order chi connectivity index (χ0) is 7.56. The third kappa shape index (κ3) is 1.48. The molecule has 0 aliphatic carbocycles. The van der Waals surface area contributed by atoms with Crippen LogP contribution in [0, 0.1) is 5.92 Å². The summed E-state index contributed by atoms with van der Waals surface area (Å²) in [4.78, 5) is 10.6. The number of hydrogen-bond donors (Lipinski definition) is 0. The van der Waals surface area contributed by atoms with Crippen LogP contribution in [-0.4, -0.2) is 31.7 Å². The van der Waals surface area contributed by atoms with Crippen molar-refractivity contribution in [2.24, 2.45) is 5.92 Å². The fourth-order valence-electron chi connectivity index (χ4n) is 0.979. The summed E-state index contributed by atoms with van der Waals surface area (Å²) >= 11 is 5.26. The van der Waals surface area contributed by atoms with Crippen LogP contribution in [0.3, 0.4) is 0 Å². The molecule has 1 aliphatic rings. The fraction of sp³-hybridized carbons (Fsp3) is 0.833. The summed E-state index contributed by atoms with van der Waals surface area (Å²) < 4.78 is 9.95. The van der Waals surface area contributed by atoms with E-state index >= 15 is 0 Å². The third-order valence-corrected chi connectivity index (χ3v) is 1.90. The third-order valence-electron chi connectivity index (χ3n) is 1.62. The number of rotatable bonds is 2. The molecule has 1 rings (SSSR count). The highest BCUT2D eigenvalue weighted by Crippen LogP contribution is 2.18. The minimum atomic E-state index is -0.371. The number of carbonyl (C=O) groups is 1. The van der Waals surface area contributed by atoms with Crippen LogP contribution in [0.5, 0.6) is 0 Å². The van der Waals surface area contributed by atoms with Gasteiger partial charge < -0.3 is 9.47 Å². The largest absolute Gasteiger partial charge is 0.378 e. The fourth-order valence-corrected chi connectivity index (χ4v) is 1.18. The first-order valence-corrected chi connectivity index (χ1v) is 3.43. The predicted octanol–water partition coefficient (Wildman–Crippen LogP) is 0.413. The monoisotopic (exact) mass is 164 g/mol. The van der Waals surface area contributed by atoms with Crippen LogP contribution < -0.4 is 0 Å². The van der Waals surface area contributed by atoms with E-state index in [0.717, 1.165) is 0 Å². The zero-order valence-corrected chi connectivity index (χ0v) is 6.43. The lowest BCUT2D eigenvalue weighted by atomic mass is 10.1. The standard InChI is InChI=1S/C6H9ClO3/c1-9-5-3-10-2-4(5)6(7)8/h4-5H,2-3H2,1H3/t4-,5?/m1/s1. The second-order valence-electron chi connectivity index (χ2n) is 2.22. The van der Waals surface area contributed by atoms with E-state index in [1.165, 1.54) is 0 Å². The lowest BCUT2D eigenvalue weighted by Crippen LogP contribution is -2.25. The Bertz CT molecular complexity index is 137. The molecule has 0 N–H and O–H groups in total. The molecule has 4 heteroatoms. The van der Waals surface area contributed by atoms with Crippen molar-refractivity contribution < 1.29 is 14.3 Å². The molecular formula is C6H9ClO3. The minimum absolute atomic E-state index is 0.148. The van der Waals surface area contributed by atoms with Gasteiger partial charge in [-0.1, -0.05) is 0 Å². The van der Waals surface area contributed by atoms with E-state index in [0.29, 0.717) is 13.2 Å². The van der Waals surface area contributed by atoms with E-state index < -0.39 is 0 Å². The van der Waals surface area contributed by atoms with Gasteiger partial charge in [-0.15, -0.1) is 0 Å². The van der Waals surface area contributed by atoms with Crippen LogP contribution in [0.4, 0.5) is 0 Å². The van der Waals surface area contributed by atoms with E-state index in [1.54, 1.807) is 7.11 Å². The van der Waals surface area contributed by atoms with E-state index in [1.807, 2.05) is 0 Å². The highest BCUT2D eigenvalue weighted by molar-refractivity contribution is 6.64. The van der Waals surface area contributed by atoms with Crippen LogP contribution in [0.25, 0.3) is 0 Å². The van der Waals surface area contributed by atoms with Gasteiger partial charge in [0.2, 0.25) is 5.24 Å². The van der Waals surface area contributed by atoms with E-state index in [-0.39, 0.29) is 17.3 Å². The van der Waals surface area contributed by atoms with Crippen molar-refractivity contribution in [1.29, 1.82) is 0 Å². The van der Waals surface area contributed by atoms with Crippen molar-refractivity contribution in [3.05, 3.63) is 0 Å². The first-order valence-electron chi connectivity index (χ1n) is 3.05. The summed E-state index contributed by atoms with van der Waals surface area (Å²) in [5, 5.41) is -0.371. The SMILES string of the molecule is COC1COC[C@H]1C(=O)Cl. The molecule has 1 unspecified atom stereocenters. The van der Waals surface area contributed by atoms with E-state index in [2.05, 4.69) is 0 Å². The topological polar surface area (TPSA) is 35.5 Å². The molecule has 0 amide bonds. The van der Waals surface area contributed by atoms with E-state index in [9.17, 15) is 4.79 Å². The molecule has 2 atom stereocenters. The highest BCUT2D eigenvalue weighted by atomic mass is 35.5. The van der Waals surface area contributed by atoms with Gasteiger partial charge in [-0.05, 0) is 11.6 Å². The number of methoxy groups -OCH3 is 1. The zero-order valence-electron chi connectivity index (χ0n) is 5.67. The van der Waals surface area contributed by atoms with Crippen molar-refractivity contribution in [3.63, 3.8) is 0 Å². The second kappa shape index (κ2) is 3.32. The lowest BCUT2D eigenvalue weighted by Gasteiger charge is -2.10. The molecule has 0 saturated carbocycles. The molecule has 0 bridgehead atoms. The van der Waals surface area contributed by atoms with Crippen molar-refractivity contribution in [2.75, 3.05) is 20.3 Å². The second-order valence-corrected chi connectivity index (χ2v) is 2.59. The maximum absolute atomic E-state index is 10.6. The van der Waals surface area contributed by atoms with Crippen molar-refractivity contribution in [1.82, 2.24) is 0 Å². The molecule has 10 heavy (non-hydrogen) atoms. The number of hydrogen-bond acceptors (Lipinski definition) is 3. The molecule has 0 radical (unpaired) electrons. The van der Waals surface area contributed by atoms with Crippen LogP contribution in [-0.2, 0) is 14.3 Å². The van der Waals surface area contributed by atoms with Gasteiger partial charge in [-0.25, -0.2) is 0 Å². The first-order chi connectivity index (χ1) is 4.75. The predicted molar refractivity (Wildman–Crippen MR) is 36.0 cm³/mol. The van der Waals surface area contributed by atoms with Crippen LogP contribution in [0.1, 0.15) is 0 Å². The summed E-state index contributed by atoms with van der Waals surface area (Å²) in [6.45, 7) is 0.862. The number of carbonyl (C=O) groups excluding carboxylic acids is 1. The molecule has 3 nitrogen and oxygen atoms in total. The Morgan fingerprint density at radius 3 is 2.80 bits per heavy atom. The normalized spacial score (nSPS) is 32.6. The van der Waals surface area contributed by atoms with Gasteiger partial charge in [-0.3, -0.25) is 4.79 Å². The Morgan fingerprint density at radius 2 is 2.40 bits per heavy atom. The summed E-state index contributed by atoms with van der Waals surface area (Å²) in [7, 11) is 1.55. The number of ether oxygens (including phenoxy) is 2. The van der Waals surface area contributed by atoms with Crippen molar-refractivity contribution >= 4 is 16.8 Å². The molecular weight excluding hydrogens is 156 g/mol. The molecule has 1 aliphatic heterocycles. The molecule has 58 valence electrons. The van der Waals surface area contributed by atoms with Gasteiger partial charge >= 0.3 is 0 Å². The van der Waals surface area contributed by atoms with Gasteiger partial charge in [0.05, 0.1) is 25.2 Å². The summed E-state index contributed by atoms with van der Waals surface area (Å²) in [5.41, 5.74) is 0. The molecule has 1 saturated heterocycles. The van der Waals surface area contributed by atoms with Crippen LogP contribution in [0.2, 0.25) is 0 Å². The first kappa shape index (κ1) is 7.98. The molecule has 1 fully saturated rings. The molecule has 0 spiro atoms. The van der Waals surface area contributed by atoms with Gasteiger partial charge in [0.25, 0.3) is 0 Å². The Labute approximate surface area is 64.3 Å². The Balaban J connectivity index is 2.50. The summed E-state index contributed by atoms with van der Waals surface area (Å²) in [6, 6.07) is 0. The average molecular weight is 165 g/mol. The van der Waals surface area contributed by atoms with Crippen LogP contribution >= 0.6 is 11.6 Å². The van der Waals surface area contributed by atoms with Gasteiger partial charge in [0.1, 0.15) is 0 Å². The molecule has 0 aromatic heterocycles. The smallest absolute Gasteiger partial charge is 0.229 e. The number of halogens is 1. The maximum Gasteiger partial charge on any atom is 0.229 e. The van der Waals surface area contributed by atoms with Gasteiger partial charge in [0, 0.05) is 7.11 Å². The summed E-state index contributed by atoms with van der Waals surface area (Å²) in [6.07, 6.45) is -0.148. The van der Waals surface area contributed by atoms with Crippen LogP contribution in [0.15, 0.2) is 0 Å². The van der Waals surface area contributed by atoms with Crippen molar-refractivity contribution in [2.45, 2.75) is 6.10 Å². The van der Waals surface area contributed by atoms with E-state index in [4.69, 9.17) is 21.1 Å². The highest BCUT2D eigenvalue weighted by Gasteiger charge is 2.32. The Morgan fingerprint density at radius 1 is 1.70 bits per heavy atom. The quantitative estimate of drug-likeness (QED) is 0.555. The maximum atomic E-state index is 10.6. The van der Waals surface area contributed by atoms with Gasteiger partial charge in [-0.2, -0.15) is 0 Å². The molecule has 0 aromatic carbocycles. The molecule has 1 heterocycles.